The molecule has 1 aliphatic heterocycles. The molecule has 1 aromatic rings. The summed E-state index contributed by atoms with van der Waals surface area (Å²) in [5.74, 6) is 1.53. The van der Waals surface area contributed by atoms with Gasteiger partial charge in [-0.15, -0.1) is 0 Å². The van der Waals surface area contributed by atoms with Crippen LogP contribution >= 0.6 is 23.4 Å². The molecular weight excluding hydrogens is 330 g/mol. The van der Waals surface area contributed by atoms with Gasteiger partial charge < -0.3 is 5.11 Å². The Bertz CT molecular complexity index is 579. The monoisotopic (exact) mass is 349 g/mol. The molecule has 2 unspecified atom stereocenters. The van der Waals surface area contributed by atoms with Gasteiger partial charge in [0.2, 0.25) is 0 Å². The highest BCUT2D eigenvalue weighted by Gasteiger charge is 2.30. The van der Waals surface area contributed by atoms with Gasteiger partial charge in [-0.2, -0.15) is 11.8 Å². The Labute approximate surface area is 135 Å². The molecule has 7 heteroatoms. The highest BCUT2D eigenvalue weighted by Crippen LogP contribution is 2.24. The van der Waals surface area contributed by atoms with E-state index in [9.17, 15) is 13.5 Å². The molecule has 0 spiro atoms. The fourth-order valence-electron chi connectivity index (χ4n) is 2.43. The molecule has 1 N–H and O–H groups in total. The van der Waals surface area contributed by atoms with Gasteiger partial charge in [-0.3, -0.25) is 4.90 Å². The van der Waals surface area contributed by atoms with Crippen molar-refractivity contribution in [3.63, 3.8) is 0 Å². The van der Waals surface area contributed by atoms with Crippen molar-refractivity contribution in [2.75, 3.05) is 30.9 Å². The molecule has 118 valence electrons. The Balaban J connectivity index is 1.97. The standard InChI is InChI=1S/C14H20ClNO3S2/c1-21(18,19)14-10-20-8-7-16(14)6-5-13(17)11-3-2-4-12(15)9-11/h2-4,9,13-14,17H,5-8,10H2,1H3. The predicted octanol–water partition coefficient (Wildman–Crippen LogP) is 2.18. The van der Waals surface area contributed by atoms with Crippen molar-refractivity contribution in [1.82, 2.24) is 4.90 Å². The Morgan fingerprint density at radius 3 is 2.95 bits per heavy atom. The third kappa shape index (κ3) is 4.86. The minimum atomic E-state index is -3.09. The SMILES string of the molecule is CS(=O)(=O)C1CSCCN1CCC(O)c1cccc(Cl)c1. The van der Waals surface area contributed by atoms with Crippen LogP contribution in [0, 0.1) is 0 Å². The molecule has 0 aromatic heterocycles. The smallest absolute Gasteiger partial charge is 0.164 e. The summed E-state index contributed by atoms with van der Waals surface area (Å²) in [4.78, 5) is 1.96. The second-order valence-electron chi connectivity index (χ2n) is 5.25. The van der Waals surface area contributed by atoms with E-state index in [1.165, 1.54) is 6.26 Å². The average Bonchev–Trinajstić information content (AvgIpc) is 2.44. The summed E-state index contributed by atoms with van der Waals surface area (Å²) in [7, 11) is -3.09. The first-order valence-electron chi connectivity index (χ1n) is 6.82. The maximum atomic E-state index is 11.8. The largest absolute Gasteiger partial charge is 0.388 e. The van der Waals surface area contributed by atoms with E-state index in [1.807, 2.05) is 11.0 Å². The van der Waals surface area contributed by atoms with Gasteiger partial charge in [0.25, 0.3) is 0 Å². The third-order valence-electron chi connectivity index (χ3n) is 3.61. The predicted molar refractivity (Wildman–Crippen MR) is 88.6 cm³/mol. The first kappa shape index (κ1) is 17.1. The lowest BCUT2D eigenvalue weighted by Crippen LogP contribution is -2.47. The fourth-order valence-corrected chi connectivity index (χ4v) is 5.61. The Morgan fingerprint density at radius 1 is 1.52 bits per heavy atom. The van der Waals surface area contributed by atoms with E-state index in [4.69, 9.17) is 11.6 Å². The van der Waals surface area contributed by atoms with Gasteiger partial charge in [0.05, 0.1) is 6.10 Å². The van der Waals surface area contributed by atoms with Crippen LogP contribution in [0.2, 0.25) is 5.02 Å². The van der Waals surface area contributed by atoms with Crippen molar-refractivity contribution in [1.29, 1.82) is 0 Å². The Kier molecular flexibility index (Phi) is 5.96. The minimum absolute atomic E-state index is 0.442. The lowest BCUT2D eigenvalue weighted by Gasteiger charge is -2.34. The summed E-state index contributed by atoms with van der Waals surface area (Å²) in [5, 5.41) is 10.4. The summed E-state index contributed by atoms with van der Waals surface area (Å²) in [6, 6.07) is 7.14. The van der Waals surface area contributed by atoms with Crippen LogP contribution in [0.4, 0.5) is 0 Å². The summed E-state index contributed by atoms with van der Waals surface area (Å²) in [5.41, 5.74) is 0.768. The number of halogens is 1. The van der Waals surface area contributed by atoms with E-state index < -0.39 is 21.3 Å². The van der Waals surface area contributed by atoms with E-state index in [-0.39, 0.29) is 0 Å². The van der Waals surface area contributed by atoms with Crippen molar-refractivity contribution >= 4 is 33.2 Å². The number of aliphatic hydroxyl groups excluding tert-OH is 1. The molecule has 1 aliphatic rings. The number of hydrogen-bond donors (Lipinski definition) is 1. The lowest BCUT2D eigenvalue weighted by molar-refractivity contribution is 0.140. The number of hydrogen-bond acceptors (Lipinski definition) is 5. The molecule has 1 heterocycles. The minimum Gasteiger partial charge on any atom is -0.388 e. The van der Waals surface area contributed by atoms with Crippen molar-refractivity contribution in [2.45, 2.75) is 17.9 Å². The van der Waals surface area contributed by atoms with E-state index in [0.29, 0.717) is 23.7 Å². The second kappa shape index (κ2) is 7.33. The zero-order valence-electron chi connectivity index (χ0n) is 11.9. The second-order valence-corrected chi connectivity index (χ2v) is 9.04. The first-order valence-corrected chi connectivity index (χ1v) is 10.3. The molecule has 1 aromatic carbocycles. The van der Waals surface area contributed by atoms with Crippen LogP contribution in [0.25, 0.3) is 0 Å². The van der Waals surface area contributed by atoms with Crippen LogP contribution < -0.4 is 0 Å². The molecule has 21 heavy (non-hydrogen) atoms. The highest BCUT2D eigenvalue weighted by molar-refractivity contribution is 8.00. The van der Waals surface area contributed by atoms with Crippen molar-refractivity contribution < 1.29 is 13.5 Å². The van der Waals surface area contributed by atoms with Crippen molar-refractivity contribution in [3.8, 4) is 0 Å². The fraction of sp³-hybridized carbons (Fsp3) is 0.571. The van der Waals surface area contributed by atoms with Gasteiger partial charge in [-0.05, 0) is 24.1 Å². The van der Waals surface area contributed by atoms with Gasteiger partial charge >= 0.3 is 0 Å². The number of aliphatic hydroxyl groups is 1. The molecule has 0 aliphatic carbocycles. The molecule has 0 saturated carbocycles. The Morgan fingerprint density at radius 2 is 2.29 bits per heavy atom. The summed E-state index contributed by atoms with van der Waals surface area (Å²) >= 11 is 7.58. The van der Waals surface area contributed by atoms with E-state index in [0.717, 1.165) is 17.9 Å². The van der Waals surface area contributed by atoms with Gasteiger partial charge in [0.1, 0.15) is 5.37 Å². The maximum Gasteiger partial charge on any atom is 0.164 e. The first-order chi connectivity index (χ1) is 9.88. The number of benzene rings is 1. The summed E-state index contributed by atoms with van der Waals surface area (Å²) < 4.78 is 23.6. The normalized spacial score (nSPS) is 22.1. The average molecular weight is 350 g/mol. The molecule has 2 atom stereocenters. The molecule has 0 bridgehead atoms. The third-order valence-corrected chi connectivity index (χ3v) is 6.53. The summed E-state index contributed by atoms with van der Waals surface area (Å²) in [6.07, 6.45) is 1.15. The molecule has 0 radical (unpaired) electrons. The van der Waals surface area contributed by atoms with Crippen LogP contribution in [-0.4, -0.2) is 54.6 Å². The zero-order chi connectivity index (χ0) is 15.5. The maximum absolute atomic E-state index is 11.8. The topological polar surface area (TPSA) is 57.6 Å². The molecule has 4 nitrogen and oxygen atoms in total. The lowest BCUT2D eigenvalue weighted by atomic mass is 10.1. The number of sulfone groups is 1. The Hall–Kier alpha value is -0.270. The summed E-state index contributed by atoms with van der Waals surface area (Å²) in [6.45, 7) is 1.30. The highest BCUT2D eigenvalue weighted by atomic mass is 35.5. The van der Waals surface area contributed by atoms with Gasteiger partial charge in [0, 0.05) is 35.9 Å². The van der Waals surface area contributed by atoms with Gasteiger partial charge in [0.15, 0.2) is 9.84 Å². The molecule has 1 saturated heterocycles. The van der Waals surface area contributed by atoms with Crippen molar-refractivity contribution in [2.24, 2.45) is 0 Å². The number of thioether (sulfide) groups is 1. The van der Waals surface area contributed by atoms with Crippen molar-refractivity contribution in [3.05, 3.63) is 34.9 Å². The molecule has 1 fully saturated rings. The van der Waals surface area contributed by atoms with Crippen LogP contribution in [-0.2, 0) is 9.84 Å². The van der Waals surface area contributed by atoms with Gasteiger partial charge in [-0.1, -0.05) is 23.7 Å². The van der Waals surface area contributed by atoms with E-state index in [1.54, 1.807) is 30.0 Å². The number of rotatable bonds is 5. The molecule has 0 amide bonds. The van der Waals surface area contributed by atoms with E-state index >= 15 is 0 Å². The zero-order valence-corrected chi connectivity index (χ0v) is 14.3. The van der Waals surface area contributed by atoms with E-state index in [2.05, 4.69) is 0 Å². The van der Waals surface area contributed by atoms with Crippen LogP contribution in [0.5, 0.6) is 0 Å². The molecule has 2 rings (SSSR count). The van der Waals surface area contributed by atoms with Gasteiger partial charge in [-0.25, -0.2) is 8.42 Å². The van der Waals surface area contributed by atoms with Crippen LogP contribution in [0.1, 0.15) is 18.1 Å². The molecular formula is C14H20ClNO3S2. The number of nitrogens with zero attached hydrogens (tertiary/aromatic N) is 1. The quantitative estimate of drug-likeness (QED) is 0.883. The van der Waals surface area contributed by atoms with Crippen LogP contribution in [0.15, 0.2) is 24.3 Å². The van der Waals surface area contributed by atoms with Crippen LogP contribution in [0.3, 0.4) is 0 Å².